The van der Waals surface area contributed by atoms with Gasteiger partial charge in [-0.15, -0.1) is 0 Å². The minimum absolute atomic E-state index is 0.0172. The molecule has 4 atom stereocenters. The second-order valence-corrected chi connectivity index (χ2v) is 6.89. The summed E-state index contributed by atoms with van der Waals surface area (Å²) in [7, 11) is 0. The molecule has 30 heavy (non-hydrogen) atoms. The van der Waals surface area contributed by atoms with E-state index in [1.807, 2.05) is 30.3 Å². The molecule has 3 heterocycles. The molecule has 0 unspecified atom stereocenters. The normalized spacial score (nSPS) is 28.5. The van der Waals surface area contributed by atoms with E-state index in [-0.39, 0.29) is 23.7 Å². The van der Waals surface area contributed by atoms with Crippen LogP contribution >= 0.6 is 0 Å². The number of imidazole rings is 1. The molecule has 0 spiro atoms. The maximum Gasteiger partial charge on any atom is 0.243 e. The standard InChI is InChI=1S/C19H19N5O6/c25-7-13-15(28)18(29,8-26)19(9-27,30-13)24-11-23-14-16(21-10-22-17(14)24)20-6-12-4-2-1-3-5-12/h1-5,8-11,13,15,25,28-29H,6-7H2,(H,20,21,22)/t13-,15-,18-,19-/m1/s1. The van der Waals surface area contributed by atoms with Crippen LogP contribution < -0.4 is 5.32 Å². The highest BCUT2D eigenvalue weighted by atomic mass is 16.6. The lowest BCUT2D eigenvalue weighted by Gasteiger charge is -2.34. The van der Waals surface area contributed by atoms with Crippen molar-refractivity contribution in [1.82, 2.24) is 19.5 Å². The molecule has 0 amide bonds. The summed E-state index contributed by atoms with van der Waals surface area (Å²) in [6, 6.07) is 9.55. The Morgan fingerprint density at radius 3 is 2.60 bits per heavy atom. The minimum Gasteiger partial charge on any atom is -0.394 e. The van der Waals surface area contributed by atoms with E-state index in [0.29, 0.717) is 12.4 Å². The lowest BCUT2D eigenvalue weighted by atomic mass is 9.87. The summed E-state index contributed by atoms with van der Waals surface area (Å²) >= 11 is 0. The maximum absolute atomic E-state index is 12.1. The van der Waals surface area contributed by atoms with Gasteiger partial charge >= 0.3 is 0 Å². The number of anilines is 1. The van der Waals surface area contributed by atoms with Crippen molar-refractivity contribution in [3.8, 4) is 0 Å². The number of aromatic nitrogens is 4. The van der Waals surface area contributed by atoms with Crippen molar-refractivity contribution in [1.29, 1.82) is 0 Å². The number of nitrogens with one attached hydrogen (secondary N) is 1. The van der Waals surface area contributed by atoms with E-state index in [2.05, 4.69) is 20.3 Å². The molecule has 1 aliphatic rings. The molecule has 2 aromatic heterocycles. The molecule has 156 valence electrons. The van der Waals surface area contributed by atoms with Gasteiger partial charge in [0.25, 0.3) is 0 Å². The number of nitrogens with zero attached hydrogens (tertiary/aromatic N) is 4. The predicted molar refractivity (Wildman–Crippen MR) is 102 cm³/mol. The number of carbonyl (C=O) groups excluding carboxylic acids is 2. The van der Waals surface area contributed by atoms with Gasteiger partial charge in [-0.25, -0.2) is 15.0 Å². The fraction of sp³-hybridized carbons (Fsp3) is 0.316. The Morgan fingerprint density at radius 2 is 1.93 bits per heavy atom. The van der Waals surface area contributed by atoms with Crippen molar-refractivity contribution in [2.75, 3.05) is 11.9 Å². The van der Waals surface area contributed by atoms with Crippen molar-refractivity contribution < 1.29 is 29.6 Å². The SMILES string of the molecule is O=C[C@@]1(O)[C@H](O)[C@@H](CO)O[C@@]1(C=O)n1cnc2c(NCc3ccccc3)ncnc21. The predicted octanol–water partition coefficient (Wildman–Crippen LogP) is -1.03. The number of aliphatic hydroxyl groups is 3. The van der Waals surface area contributed by atoms with Crippen LogP contribution in [-0.2, 0) is 26.6 Å². The Bertz CT molecular complexity index is 1080. The number of aldehydes is 2. The lowest BCUT2D eigenvalue weighted by Crippen LogP contribution is -2.59. The van der Waals surface area contributed by atoms with Gasteiger partial charge in [-0.3, -0.25) is 14.2 Å². The molecule has 0 aliphatic carbocycles. The molecule has 4 rings (SSSR count). The Hall–Kier alpha value is -3.25. The van der Waals surface area contributed by atoms with Gasteiger partial charge in [0.05, 0.1) is 6.61 Å². The molecule has 1 fully saturated rings. The van der Waals surface area contributed by atoms with E-state index in [4.69, 9.17) is 4.74 Å². The van der Waals surface area contributed by atoms with E-state index in [1.165, 1.54) is 6.33 Å². The van der Waals surface area contributed by atoms with Crippen LogP contribution in [0.4, 0.5) is 5.82 Å². The minimum atomic E-state index is -2.67. The molecule has 11 heteroatoms. The van der Waals surface area contributed by atoms with Crippen LogP contribution in [0.5, 0.6) is 0 Å². The third kappa shape index (κ3) is 2.79. The van der Waals surface area contributed by atoms with Gasteiger partial charge in [0.2, 0.25) is 11.3 Å². The van der Waals surface area contributed by atoms with Gasteiger partial charge in [0.15, 0.2) is 29.6 Å². The molecular weight excluding hydrogens is 394 g/mol. The first-order valence-electron chi connectivity index (χ1n) is 9.09. The van der Waals surface area contributed by atoms with Gasteiger partial charge in [0, 0.05) is 6.54 Å². The number of ether oxygens (including phenoxy) is 1. The maximum atomic E-state index is 12.1. The summed E-state index contributed by atoms with van der Waals surface area (Å²) in [4.78, 5) is 36.3. The molecule has 1 aliphatic heterocycles. The average molecular weight is 413 g/mol. The number of hydrogen-bond acceptors (Lipinski definition) is 10. The number of rotatable bonds is 7. The van der Waals surface area contributed by atoms with Gasteiger partial charge < -0.3 is 25.4 Å². The molecule has 1 saturated heterocycles. The zero-order valence-corrected chi connectivity index (χ0v) is 15.6. The van der Waals surface area contributed by atoms with Crippen LogP contribution in [0.3, 0.4) is 0 Å². The number of hydrogen-bond donors (Lipinski definition) is 4. The molecule has 3 aromatic rings. The number of carbonyl (C=O) groups is 2. The van der Waals surface area contributed by atoms with E-state index in [9.17, 15) is 24.9 Å². The highest BCUT2D eigenvalue weighted by molar-refractivity contribution is 5.86. The van der Waals surface area contributed by atoms with Crippen molar-refractivity contribution in [2.45, 2.75) is 30.1 Å². The van der Waals surface area contributed by atoms with E-state index < -0.39 is 30.1 Å². The number of aliphatic hydroxyl groups excluding tert-OH is 2. The van der Waals surface area contributed by atoms with Crippen LogP contribution in [0.25, 0.3) is 11.2 Å². The Morgan fingerprint density at radius 1 is 1.17 bits per heavy atom. The smallest absolute Gasteiger partial charge is 0.243 e. The van der Waals surface area contributed by atoms with Gasteiger partial charge in [-0.05, 0) is 5.56 Å². The summed E-state index contributed by atoms with van der Waals surface area (Å²) in [6.07, 6.45) is -0.645. The van der Waals surface area contributed by atoms with Crippen LogP contribution in [-0.4, -0.2) is 71.8 Å². The van der Waals surface area contributed by atoms with Crippen molar-refractivity contribution in [3.63, 3.8) is 0 Å². The summed E-state index contributed by atoms with van der Waals surface area (Å²) in [5.74, 6) is 0.357. The third-order valence-electron chi connectivity index (χ3n) is 5.22. The summed E-state index contributed by atoms with van der Waals surface area (Å²) in [5, 5.41) is 33.7. The number of benzene rings is 1. The molecule has 11 nitrogen and oxygen atoms in total. The monoisotopic (exact) mass is 413 g/mol. The highest BCUT2D eigenvalue weighted by Crippen LogP contribution is 2.42. The van der Waals surface area contributed by atoms with Crippen LogP contribution in [0.2, 0.25) is 0 Å². The second kappa shape index (κ2) is 7.54. The first-order chi connectivity index (χ1) is 14.5. The van der Waals surface area contributed by atoms with Gasteiger partial charge in [-0.1, -0.05) is 30.3 Å². The summed E-state index contributed by atoms with van der Waals surface area (Å²) in [6.45, 7) is -0.281. The molecule has 0 bridgehead atoms. The molecule has 4 N–H and O–H groups in total. The summed E-state index contributed by atoms with van der Waals surface area (Å²) in [5.41, 5.74) is -3.71. The molecule has 0 radical (unpaired) electrons. The quantitative estimate of drug-likeness (QED) is 0.353. The fourth-order valence-corrected chi connectivity index (χ4v) is 3.59. The Kier molecular flexibility index (Phi) is 5.03. The van der Waals surface area contributed by atoms with Gasteiger partial charge in [0.1, 0.15) is 24.9 Å². The van der Waals surface area contributed by atoms with E-state index in [1.54, 1.807) is 0 Å². The number of fused-ring (bicyclic) bond motifs is 1. The molecular formula is C19H19N5O6. The van der Waals surface area contributed by atoms with Crippen LogP contribution in [0.1, 0.15) is 5.56 Å². The summed E-state index contributed by atoms with van der Waals surface area (Å²) < 4.78 is 6.53. The fourth-order valence-electron chi connectivity index (χ4n) is 3.59. The van der Waals surface area contributed by atoms with Crippen molar-refractivity contribution in [3.05, 3.63) is 48.5 Å². The van der Waals surface area contributed by atoms with Crippen molar-refractivity contribution in [2.24, 2.45) is 0 Å². The largest absolute Gasteiger partial charge is 0.394 e. The van der Waals surface area contributed by atoms with Crippen molar-refractivity contribution >= 4 is 29.6 Å². The molecule has 1 aromatic carbocycles. The molecule has 0 saturated carbocycles. The average Bonchev–Trinajstić information content (AvgIpc) is 3.32. The zero-order valence-electron chi connectivity index (χ0n) is 15.6. The van der Waals surface area contributed by atoms with Crippen LogP contribution in [0.15, 0.2) is 43.0 Å². The van der Waals surface area contributed by atoms with E-state index in [0.717, 1.165) is 16.5 Å². The van der Waals surface area contributed by atoms with Gasteiger partial charge in [-0.2, -0.15) is 0 Å². The Balaban J connectivity index is 1.78. The van der Waals surface area contributed by atoms with Crippen LogP contribution in [0, 0.1) is 0 Å². The first-order valence-corrected chi connectivity index (χ1v) is 9.09. The Labute approximate surface area is 170 Å². The second-order valence-electron chi connectivity index (χ2n) is 6.89. The first kappa shape index (κ1) is 20.0. The zero-order chi connectivity index (χ0) is 21.4. The topological polar surface area (TPSA) is 160 Å². The lowest BCUT2D eigenvalue weighted by molar-refractivity contribution is -0.186. The third-order valence-corrected chi connectivity index (χ3v) is 5.22. The van der Waals surface area contributed by atoms with E-state index >= 15 is 0 Å². The highest BCUT2D eigenvalue weighted by Gasteiger charge is 2.67.